The lowest BCUT2D eigenvalue weighted by molar-refractivity contribution is -0.117. The fourth-order valence-electron chi connectivity index (χ4n) is 0.753. The normalized spacial score (nSPS) is 9.70. The van der Waals surface area contributed by atoms with Crippen LogP contribution in [0.1, 0.15) is 5.69 Å². The Morgan fingerprint density at radius 2 is 2.60 bits per heavy atom. The summed E-state index contributed by atoms with van der Waals surface area (Å²) >= 11 is 0. The summed E-state index contributed by atoms with van der Waals surface area (Å²) in [7, 11) is 1.78. The summed E-state index contributed by atoms with van der Waals surface area (Å²) in [6.07, 6.45) is 1.90. The molecule has 0 bridgehead atoms. The smallest absolute Gasteiger partial charge is 0.223 e. The zero-order chi connectivity index (χ0) is 7.56. The van der Waals surface area contributed by atoms with E-state index in [1.165, 1.54) is 0 Å². The van der Waals surface area contributed by atoms with Crippen molar-refractivity contribution in [2.75, 3.05) is 0 Å². The Kier molecular flexibility index (Phi) is 1.71. The molecule has 2 N–H and O–H groups in total. The first kappa shape index (κ1) is 6.80. The van der Waals surface area contributed by atoms with Crippen LogP contribution in [0.15, 0.2) is 12.3 Å². The molecule has 4 heteroatoms. The van der Waals surface area contributed by atoms with Gasteiger partial charge in [0, 0.05) is 18.9 Å². The number of nitrogens with two attached hydrogens (primary N) is 1. The number of nitrogens with zero attached hydrogens (tertiary/aromatic N) is 2. The molecule has 0 saturated heterocycles. The average molecular weight is 139 g/mol. The Morgan fingerprint density at radius 3 is 3.00 bits per heavy atom. The molecule has 4 nitrogen and oxygen atoms in total. The monoisotopic (exact) mass is 139 g/mol. The van der Waals surface area contributed by atoms with Crippen molar-refractivity contribution in [2.24, 2.45) is 12.8 Å². The van der Waals surface area contributed by atoms with Gasteiger partial charge in [0.1, 0.15) is 0 Å². The largest absolute Gasteiger partial charge is 0.369 e. The maximum atomic E-state index is 10.4. The Balaban J connectivity index is 2.74. The van der Waals surface area contributed by atoms with E-state index in [2.05, 4.69) is 5.10 Å². The summed E-state index contributed by atoms with van der Waals surface area (Å²) in [5.74, 6) is -0.330. The topological polar surface area (TPSA) is 60.9 Å². The van der Waals surface area contributed by atoms with Crippen LogP contribution in [0, 0.1) is 0 Å². The van der Waals surface area contributed by atoms with Gasteiger partial charge in [-0.3, -0.25) is 9.48 Å². The van der Waals surface area contributed by atoms with Crippen LogP contribution in [0.5, 0.6) is 0 Å². The Hall–Kier alpha value is -1.32. The molecule has 0 unspecified atom stereocenters. The van der Waals surface area contributed by atoms with E-state index in [9.17, 15) is 4.79 Å². The number of amides is 1. The minimum absolute atomic E-state index is 0.260. The van der Waals surface area contributed by atoms with E-state index in [4.69, 9.17) is 5.73 Å². The second kappa shape index (κ2) is 2.51. The van der Waals surface area contributed by atoms with Crippen molar-refractivity contribution in [1.82, 2.24) is 9.78 Å². The Morgan fingerprint density at radius 1 is 1.90 bits per heavy atom. The quantitative estimate of drug-likeness (QED) is 0.597. The lowest BCUT2D eigenvalue weighted by Crippen LogP contribution is -2.15. The second-order valence-corrected chi connectivity index (χ2v) is 2.09. The average Bonchev–Trinajstić information content (AvgIpc) is 2.15. The molecular formula is C6H9N3O. The number of carbonyl (C=O) groups excluding carboxylic acids is 1. The van der Waals surface area contributed by atoms with Gasteiger partial charge in [-0.1, -0.05) is 0 Å². The molecule has 1 rings (SSSR count). The lowest BCUT2D eigenvalue weighted by Gasteiger charge is -1.95. The minimum atomic E-state index is -0.330. The number of rotatable bonds is 2. The third-order valence-corrected chi connectivity index (χ3v) is 1.28. The molecule has 0 aliphatic rings. The third-order valence-electron chi connectivity index (χ3n) is 1.28. The molecule has 0 aliphatic heterocycles. The Bertz CT molecular complexity index is 241. The van der Waals surface area contributed by atoms with Crippen molar-refractivity contribution < 1.29 is 4.79 Å². The highest BCUT2D eigenvalue weighted by Gasteiger charge is 2.00. The van der Waals surface area contributed by atoms with Crippen LogP contribution in [0.2, 0.25) is 0 Å². The highest BCUT2D eigenvalue weighted by Crippen LogP contribution is 1.95. The Labute approximate surface area is 58.6 Å². The van der Waals surface area contributed by atoms with Gasteiger partial charge in [0.15, 0.2) is 0 Å². The predicted octanol–water partition coefficient (Wildman–Crippen LogP) is -0.552. The standard InChI is InChI=1S/C6H9N3O/c1-9-5(2-3-8-9)4-6(7)10/h2-3H,4H2,1H3,(H2,7,10). The molecule has 0 radical (unpaired) electrons. The first-order valence-electron chi connectivity index (χ1n) is 2.95. The SMILES string of the molecule is Cn1nccc1CC(N)=O. The van der Waals surface area contributed by atoms with Gasteiger partial charge in [-0.15, -0.1) is 0 Å². The van der Waals surface area contributed by atoms with Crippen molar-refractivity contribution in [3.05, 3.63) is 18.0 Å². The molecule has 1 aromatic heterocycles. The minimum Gasteiger partial charge on any atom is -0.369 e. The maximum absolute atomic E-state index is 10.4. The molecule has 0 spiro atoms. The van der Waals surface area contributed by atoms with Crippen LogP contribution in [0.25, 0.3) is 0 Å². The fraction of sp³-hybridized carbons (Fsp3) is 0.333. The van der Waals surface area contributed by atoms with Crippen LogP contribution in [-0.2, 0) is 18.3 Å². The first-order chi connectivity index (χ1) is 4.70. The summed E-state index contributed by atoms with van der Waals surface area (Å²) in [5.41, 5.74) is 5.81. The van der Waals surface area contributed by atoms with Gasteiger partial charge in [-0.25, -0.2) is 0 Å². The van der Waals surface area contributed by atoms with Gasteiger partial charge < -0.3 is 5.73 Å². The molecule has 0 atom stereocenters. The van der Waals surface area contributed by atoms with Gasteiger partial charge in [-0.2, -0.15) is 5.10 Å². The van der Waals surface area contributed by atoms with Crippen molar-refractivity contribution in [2.45, 2.75) is 6.42 Å². The van der Waals surface area contributed by atoms with E-state index < -0.39 is 0 Å². The van der Waals surface area contributed by atoms with E-state index >= 15 is 0 Å². The molecule has 1 amide bonds. The number of carbonyl (C=O) groups is 1. The first-order valence-corrected chi connectivity index (χ1v) is 2.95. The van der Waals surface area contributed by atoms with E-state index in [0.29, 0.717) is 0 Å². The second-order valence-electron chi connectivity index (χ2n) is 2.09. The van der Waals surface area contributed by atoms with Gasteiger partial charge in [-0.05, 0) is 6.07 Å². The number of aromatic nitrogens is 2. The zero-order valence-corrected chi connectivity index (χ0v) is 5.74. The maximum Gasteiger partial charge on any atom is 0.223 e. The summed E-state index contributed by atoms with van der Waals surface area (Å²) in [4.78, 5) is 10.4. The summed E-state index contributed by atoms with van der Waals surface area (Å²) in [6, 6.07) is 1.77. The van der Waals surface area contributed by atoms with E-state index in [-0.39, 0.29) is 12.3 Å². The molecule has 0 fully saturated rings. The van der Waals surface area contributed by atoms with Crippen LogP contribution in [-0.4, -0.2) is 15.7 Å². The molecule has 10 heavy (non-hydrogen) atoms. The highest BCUT2D eigenvalue weighted by molar-refractivity contribution is 5.76. The summed E-state index contributed by atoms with van der Waals surface area (Å²) < 4.78 is 1.63. The van der Waals surface area contributed by atoms with Gasteiger partial charge in [0.05, 0.1) is 6.42 Å². The van der Waals surface area contributed by atoms with Crippen molar-refractivity contribution >= 4 is 5.91 Å². The van der Waals surface area contributed by atoms with Crippen LogP contribution < -0.4 is 5.73 Å². The van der Waals surface area contributed by atoms with Gasteiger partial charge in [0.25, 0.3) is 0 Å². The van der Waals surface area contributed by atoms with E-state index in [0.717, 1.165) is 5.69 Å². The number of primary amides is 1. The third kappa shape index (κ3) is 1.34. The molecule has 54 valence electrons. The molecule has 0 aliphatic carbocycles. The molecule has 0 saturated carbocycles. The summed E-state index contributed by atoms with van der Waals surface area (Å²) in [5, 5.41) is 3.88. The molecule has 1 heterocycles. The van der Waals surface area contributed by atoms with Gasteiger partial charge >= 0.3 is 0 Å². The zero-order valence-electron chi connectivity index (χ0n) is 5.74. The number of aryl methyl sites for hydroxylation is 1. The number of hydrogen-bond acceptors (Lipinski definition) is 2. The lowest BCUT2D eigenvalue weighted by atomic mass is 10.3. The fourth-order valence-corrected chi connectivity index (χ4v) is 0.753. The highest BCUT2D eigenvalue weighted by atomic mass is 16.1. The van der Waals surface area contributed by atoms with Crippen molar-refractivity contribution in [3.8, 4) is 0 Å². The van der Waals surface area contributed by atoms with Crippen molar-refractivity contribution in [3.63, 3.8) is 0 Å². The van der Waals surface area contributed by atoms with Crippen LogP contribution >= 0.6 is 0 Å². The molecule has 0 aromatic carbocycles. The molecular weight excluding hydrogens is 130 g/mol. The van der Waals surface area contributed by atoms with Crippen molar-refractivity contribution in [1.29, 1.82) is 0 Å². The van der Waals surface area contributed by atoms with E-state index in [1.54, 1.807) is 24.0 Å². The predicted molar refractivity (Wildman–Crippen MR) is 36.1 cm³/mol. The summed E-state index contributed by atoms with van der Waals surface area (Å²) in [6.45, 7) is 0. The number of hydrogen-bond donors (Lipinski definition) is 1. The van der Waals surface area contributed by atoms with E-state index in [1.807, 2.05) is 0 Å². The molecule has 1 aromatic rings. The van der Waals surface area contributed by atoms with Crippen LogP contribution in [0.4, 0.5) is 0 Å². The van der Waals surface area contributed by atoms with Gasteiger partial charge in [0.2, 0.25) is 5.91 Å². The van der Waals surface area contributed by atoms with Crippen LogP contribution in [0.3, 0.4) is 0 Å².